The van der Waals surface area contributed by atoms with Gasteiger partial charge in [-0.3, -0.25) is 0 Å². The van der Waals surface area contributed by atoms with Gasteiger partial charge in [0.05, 0.1) is 0 Å². The van der Waals surface area contributed by atoms with Crippen LogP contribution < -0.4 is 0 Å². The zero-order valence-electron chi connectivity index (χ0n) is 31.9. The third kappa shape index (κ3) is 5.78. The highest BCUT2D eigenvalue weighted by atomic mass is 14.2. The Hall–Kier alpha value is -7.54. The van der Waals surface area contributed by atoms with Crippen molar-refractivity contribution < 1.29 is 0 Å². The lowest BCUT2D eigenvalue weighted by Crippen LogP contribution is -1.94. The molecular formula is C58H38. The first-order chi connectivity index (χ1) is 28.8. The van der Waals surface area contributed by atoms with Crippen LogP contribution in [0.15, 0.2) is 231 Å². The Morgan fingerprint density at radius 3 is 1.34 bits per heavy atom. The molecule has 270 valence electrons. The molecule has 0 amide bonds. The summed E-state index contributed by atoms with van der Waals surface area (Å²) in [6.07, 6.45) is 0. The van der Waals surface area contributed by atoms with Crippen LogP contribution in [0.4, 0.5) is 0 Å². The van der Waals surface area contributed by atoms with Crippen LogP contribution in [0.2, 0.25) is 0 Å². The molecule has 0 fully saturated rings. The van der Waals surface area contributed by atoms with Crippen molar-refractivity contribution in [1.82, 2.24) is 0 Å². The molecule has 0 aliphatic rings. The molecule has 0 unspecified atom stereocenters. The highest BCUT2D eigenvalue weighted by molar-refractivity contribution is 6.21. The molecule has 0 aliphatic carbocycles. The summed E-state index contributed by atoms with van der Waals surface area (Å²) in [5, 5.41) is 10.0. The molecule has 0 heterocycles. The van der Waals surface area contributed by atoms with E-state index < -0.39 is 0 Å². The summed E-state index contributed by atoms with van der Waals surface area (Å²) >= 11 is 0. The number of hydrogen-bond acceptors (Lipinski definition) is 0. The first-order valence-electron chi connectivity index (χ1n) is 20.1. The van der Waals surface area contributed by atoms with Gasteiger partial charge in [0.1, 0.15) is 0 Å². The smallest absolute Gasteiger partial charge is 0.00261 e. The number of rotatable bonds is 6. The first-order valence-corrected chi connectivity index (χ1v) is 20.1. The lowest BCUT2D eigenvalue weighted by Gasteiger charge is -2.20. The van der Waals surface area contributed by atoms with Crippen molar-refractivity contribution in [3.05, 3.63) is 231 Å². The predicted molar refractivity (Wildman–Crippen MR) is 249 cm³/mol. The fraction of sp³-hybridized carbons (Fsp3) is 0. The Labute approximate surface area is 339 Å². The largest absolute Gasteiger partial charge is 0.0622 e. The van der Waals surface area contributed by atoms with Crippen molar-refractivity contribution in [2.24, 2.45) is 0 Å². The maximum absolute atomic E-state index is 2.45. The molecule has 0 aromatic heterocycles. The average molecular weight is 735 g/mol. The summed E-state index contributed by atoms with van der Waals surface area (Å²) in [7, 11) is 0. The Morgan fingerprint density at radius 2 is 0.621 bits per heavy atom. The highest BCUT2D eigenvalue weighted by Crippen LogP contribution is 2.47. The van der Waals surface area contributed by atoms with Crippen LogP contribution in [0.1, 0.15) is 0 Å². The minimum absolute atomic E-state index is 1.19. The summed E-state index contributed by atoms with van der Waals surface area (Å²) in [6.45, 7) is 0. The molecule has 11 rings (SSSR count). The van der Waals surface area contributed by atoms with E-state index in [-0.39, 0.29) is 0 Å². The van der Waals surface area contributed by atoms with Gasteiger partial charge in [0, 0.05) is 0 Å². The van der Waals surface area contributed by atoms with E-state index >= 15 is 0 Å². The van der Waals surface area contributed by atoms with Gasteiger partial charge in [-0.25, -0.2) is 0 Å². The quantitative estimate of drug-likeness (QED) is 0.149. The first kappa shape index (κ1) is 33.8. The standard InChI is InChI=1S/C58H38/c1-2-18-41(19-3-1)57-52-27-10-12-29-54(52)58(55-30-13-11-28-53(55)57)46-34-35-50(45-33-32-39-16-4-5-20-42(39)36-45)56(38-46)51-26-9-8-25-49(51)44-23-14-22-43(37-44)48-31-15-21-40-17-6-7-24-47(40)48/h1-38H. The van der Waals surface area contributed by atoms with Crippen molar-refractivity contribution >= 4 is 43.1 Å². The van der Waals surface area contributed by atoms with E-state index in [1.807, 2.05) is 0 Å². The van der Waals surface area contributed by atoms with Gasteiger partial charge in [0.25, 0.3) is 0 Å². The van der Waals surface area contributed by atoms with Gasteiger partial charge < -0.3 is 0 Å². The maximum Gasteiger partial charge on any atom is -0.00261 e. The molecule has 0 N–H and O–H groups in total. The SMILES string of the molecule is c1ccc(-c2c3ccccc3c(-c3ccc(-c4ccc5ccccc5c4)c(-c4ccccc4-c4cccc(-c5cccc6ccccc56)c4)c3)c3ccccc23)cc1. The summed E-state index contributed by atoms with van der Waals surface area (Å²) in [5.41, 5.74) is 14.6. The molecule has 11 aromatic rings. The van der Waals surface area contributed by atoms with Crippen LogP contribution >= 0.6 is 0 Å². The molecule has 0 atom stereocenters. The van der Waals surface area contributed by atoms with Crippen molar-refractivity contribution in [1.29, 1.82) is 0 Å². The average Bonchev–Trinajstić information content (AvgIpc) is 3.30. The normalized spacial score (nSPS) is 11.4. The Balaban J connectivity index is 1.17. The second-order valence-corrected chi connectivity index (χ2v) is 15.2. The third-order valence-electron chi connectivity index (χ3n) is 11.9. The van der Waals surface area contributed by atoms with Crippen molar-refractivity contribution in [3.8, 4) is 66.8 Å². The number of hydrogen-bond donors (Lipinski definition) is 0. The van der Waals surface area contributed by atoms with Crippen LogP contribution in [0.3, 0.4) is 0 Å². The van der Waals surface area contributed by atoms with E-state index in [1.54, 1.807) is 0 Å². The molecular weight excluding hydrogens is 697 g/mol. The topological polar surface area (TPSA) is 0 Å². The fourth-order valence-corrected chi connectivity index (χ4v) is 9.19. The van der Waals surface area contributed by atoms with Gasteiger partial charge in [-0.2, -0.15) is 0 Å². The van der Waals surface area contributed by atoms with Gasteiger partial charge in [0.2, 0.25) is 0 Å². The van der Waals surface area contributed by atoms with Gasteiger partial charge in [-0.15, -0.1) is 0 Å². The molecule has 0 nitrogen and oxygen atoms in total. The number of benzene rings is 11. The van der Waals surface area contributed by atoms with Crippen molar-refractivity contribution in [3.63, 3.8) is 0 Å². The van der Waals surface area contributed by atoms with Gasteiger partial charge in [-0.1, -0.05) is 212 Å². The molecule has 0 saturated heterocycles. The molecule has 0 aliphatic heterocycles. The van der Waals surface area contributed by atoms with E-state index in [4.69, 9.17) is 0 Å². The van der Waals surface area contributed by atoms with E-state index in [1.165, 1.54) is 110 Å². The molecule has 58 heavy (non-hydrogen) atoms. The monoisotopic (exact) mass is 734 g/mol. The summed E-state index contributed by atoms with van der Waals surface area (Å²) < 4.78 is 0. The van der Waals surface area contributed by atoms with Crippen LogP contribution in [0.5, 0.6) is 0 Å². The fourth-order valence-electron chi connectivity index (χ4n) is 9.19. The zero-order valence-corrected chi connectivity index (χ0v) is 31.9. The third-order valence-corrected chi connectivity index (χ3v) is 11.9. The molecule has 11 aromatic carbocycles. The Morgan fingerprint density at radius 1 is 0.172 bits per heavy atom. The van der Waals surface area contributed by atoms with E-state index in [9.17, 15) is 0 Å². The molecule has 0 spiro atoms. The maximum atomic E-state index is 2.45. The van der Waals surface area contributed by atoms with Crippen LogP contribution in [0.25, 0.3) is 110 Å². The lowest BCUT2D eigenvalue weighted by atomic mass is 9.83. The van der Waals surface area contributed by atoms with Crippen LogP contribution in [-0.4, -0.2) is 0 Å². The predicted octanol–water partition coefficient (Wildman–Crippen LogP) is 16.3. The summed E-state index contributed by atoms with van der Waals surface area (Å²) in [5.74, 6) is 0. The second-order valence-electron chi connectivity index (χ2n) is 15.2. The summed E-state index contributed by atoms with van der Waals surface area (Å²) in [4.78, 5) is 0. The highest BCUT2D eigenvalue weighted by Gasteiger charge is 2.20. The van der Waals surface area contributed by atoms with E-state index in [0.29, 0.717) is 0 Å². The molecule has 0 radical (unpaired) electrons. The summed E-state index contributed by atoms with van der Waals surface area (Å²) in [6, 6.07) is 84.7. The Kier molecular flexibility index (Phi) is 8.26. The van der Waals surface area contributed by atoms with Crippen molar-refractivity contribution in [2.75, 3.05) is 0 Å². The molecule has 0 saturated carbocycles. The van der Waals surface area contributed by atoms with Gasteiger partial charge in [-0.05, 0) is 128 Å². The second kappa shape index (κ2) is 14.2. The number of fused-ring (bicyclic) bond motifs is 4. The molecule has 0 heteroatoms. The van der Waals surface area contributed by atoms with E-state index in [0.717, 1.165) is 0 Å². The van der Waals surface area contributed by atoms with Crippen LogP contribution in [0, 0.1) is 0 Å². The Bertz CT molecular complexity index is 3270. The van der Waals surface area contributed by atoms with Gasteiger partial charge >= 0.3 is 0 Å². The zero-order chi connectivity index (χ0) is 38.4. The van der Waals surface area contributed by atoms with Crippen molar-refractivity contribution in [2.45, 2.75) is 0 Å². The van der Waals surface area contributed by atoms with Crippen LogP contribution in [-0.2, 0) is 0 Å². The minimum atomic E-state index is 1.19. The van der Waals surface area contributed by atoms with E-state index in [2.05, 4.69) is 231 Å². The minimum Gasteiger partial charge on any atom is -0.0622 e. The lowest BCUT2D eigenvalue weighted by molar-refractivity contribution is 1.56. The molecule has 0 bridgehead atoms. The van der Waals surface area contributed by atoms with Gasteiger partial charge in [0.15, 0.2) is 0 Å².